The zero-order valence-electron chi connectivity index (χ0n) is 12.6. The number of rotatable bonds is 2. The van der Waals surface area contributed by atoms with E-state index in [-0.39, 0.29) is 17.3 Å². The van der Waals surface area contributed by atoms with Gasteiger partial charge in [0, 0.05) is 41.1 Å². The normalized spacial score (nSPS) is 15.6. The summed E-state index contributed by atoms with van der Waals surface area (Å²) in [6.07, 6.45) is 0.561. The van der Waals surface area contributed by atoms with Crippen molar-refractivity contribution in [3.8, 4) is 0 Å². The third-order valence-corrected chi connectivity index (χ3v) is 6.41. The third kappa shape index (κ3) is 2.51. The molecule has 1 aliphatic heterocycles. The summed E-state index contributed by atoms with van der Waals surface area (Å²) in [5, 5.41) is 1.11. The second-order valence-electron chi connectivity index (χ2n) is 5.82. The lowest BCUT2D eigenvalue weighted by molar-refractivity contribution is 0.391. The van der Waals surface area contributed by atoms with Crippen LogP contribution in [-0.2, 0) is 23.0 Å². The van der Waals surface area contributed by atoms with Gasteiger partial charge in [-0.3, -0.25) is 0 Å². The number of aromatic amines is 1. The van der Waals surface area contributed by atoms with Crippen LogP contribution in [0.3, 0.4) is 0 Å². The first kappa shape index (κ1) is 15.6. The molecule has 2 aromatic carbocycles. The molecule has 4 rings (SSSR count). The number of halogens is 2. The van der Waals surface area contributed by atoms with Crippen molar-refractivity contribution >= 4 is 32.5 Å². The molecule has 0 fully saturated rings. The SMILES string of the molecule is O=S(=O)(c1cccc(Cl)c1)N1CCc2[nH]c3ccc(F)cc3c2C1. The van der Waals surface area contributed by atoms with E-state index < -0.39 is 10.0 Å². The molecule has 3 aromatic rings. The number of aromatic nitrogens is 1. The van der Waals surface area contributed by atoms with E-state index in [0.29, 0.717) is 18.0 Å². The predicted molar refractivity (Wildman–Crippen MR) is 91.0 cm³/mol. The van der Waals surface area contributed by atoms with Crippen LogP contribution < -0.4 is 0 Å². The van der Waals surface area contributed by atoms with Crippen LogP contribution in [0.15, 0.2) is 47.4 Å². The lowest BCUT2D eigenvalue weighted by Crippen LogP contribution is -2.35. The quantitative estimate of drug-likeness (QED) is 0.753. The number of H-pyrrole nitrogens is 1. The van der Waals surface area contributed by atoms with Crippen molar-refractivity contribution in [1.82, 2.24) is 9.29 Å². The van der Waals surface area contributed by atoms with Crippen LogP contribution in [0.1, 0.15) is 11.3 Å². The lowest BCUT2D eigenvalue weighted by atomic mass is 10.1. The van der Waals surface area contributed by atoms with Gasteiger partial charge in [-0.15, -0.1) is 0 Å². The van der Waals surface area contributed by atoms with Gasteiger partial charge in [0.2, 0.25) is 10.0 Å². The van der Waals surface area contributed by atoms with Crippen molar-refractivity contribution in [2.24, 2.45) is 0 Å². The van der Waals surface area contributed by atoms with Gasteiger partial charge in [0.1, 0.15) is 5.82 Å². The van der Waals surface area contributed by atoms with Crippen molar-refractivity contribution in [3.05, 3.63) is 64.6 Å². The Balaban J connectivity index is 1.76. The Labute approximate surface area is 143 Å². The Morgan fingerprint density at radius 3 is 2.79 bits per heavy atom. The van der Waals surface area contributed by atoms with E-state index in [4.69, 9.17) is 11.6 Å². The molecule has 0 saturated carbocycles. The van der Waals surface area contributed by atoms with Gasteiger partial charge in [0.25, 0.3) is 0 Å². The molecule has 2 heterocycles. The molecule has 1 aromatic heterocycles. The van der Waals surface area contributed by atoms with Crippen molar-refractivity contribution in [2.45, 2.75) is 17.9 Å². The molecule has 7 heteroatoms. The number of hydrogen-bond donors (Lipinski definition) is 1. The molecular weight excluding hydrogens is 351 g/mol. The summed E-state index contributed by atoms with van der Waals surface area (Å²) in [5.41, 5.74) is 2.62. The smallest absolute Gasteiger partial charge is 0.243 e. The summed E-state index contributed by atoms with van der Waals surface area (Å²) in [5.74, 6) is -0.334. The van der Waals surface area contributed by atoms with E-state index in [2.05, 4.69) is 4.98 Å². The maximum absolute atomic E-state index is 13.6. The van der Waals surface area contributed by atoms with E-state index in [9.17, 15) is 12.8 Å². The van der Waals surface area contributed by atoms with E-state index >= 15 is 0 Å². The number of benzene rings is 2. The molecule has 0 amide bonds. The molecule has 1 aliphatic rings. The second-order valence-corrected chi connectivity index (χ2v) is 8.19. The molecule has 0 spiro atoms. The molecule has 0 radical (unpaired) electrons. The Kier molecular flexibility index (Phi) is 3.63. The summed E-state index contributed by atoms with van der Waals surface area (Å²) in [6, 6.07) is 10.7. The first-order chi connectivity index (χ1) is 11.4. The van der Waals surface area contributed by atoms with E-state index in [1.54, 1.807) is 18.2 Å². The van der Waals surface area contributed by atoms with Gasteiger partial charge in [-0.2, -0.15) is 4.31 Å². The van der Waals surface area contributed by atoms with Crippen molar-refractivity contribution in [1.29, 1.82) is 0 Å². The van der Waals surface area contributed by atoms with Crippen LogP contribution in [0.25, 0.3) is 10.9 Å². The van der Waals surface area contributed by atoms with Crippen LogP contribution in [0, 0.1) is 5.82 Å². The van der Waals surface area contributed by atoms with Gasteiger partial charge >= 0.3 is 0 Å². The predicted octanol–water partition coefficient (Wildman–Crippen LogP) is 3.71. The van der Waals surface area contributed by atoms with E-state index in [1.807, 2.05) is 0 Å². The number of hydrogen-bond acceptors (Lipinski definition) is 2. The molecule has 0 atom stereocenters. The average Bonchev–Trinajstić information content (AvgIpc) is 2.92. The molecule has 0 bridgehead atoms. The van der Waals surface area contributed by atoms with Gasteiger partial charge < -0.3 is 4.98 Å². The van der Waals surface area contributed by atoms with Gasteiger partial charge in [-0.05, 0) is 42.0 Å². The Bertz CT molecular complexity index is 1050. The lowest BCUT2D eigenvalue weighted by Gasteiger charge is -2.26. The number of nitrogens with one attached hydrogen (secondary N) is 1. The molecule has 24 heavy (non-hydrogen) atoms. The molecular formula is C17H14ClFN2O2S. The zero-order valence-corrected chi connectivity index (χ0v) is 14.2. The van der Waals surface area contributed by atoms with Crippen molar-refractivity contribution in [3.63, 3.8) is 0 Å². The number of sulfonamides is 1. The number of fused-ring (bicyclic) bond motifs is 3. The fourth-order valence-corrected chi connectivity index (χ4v) is 4.85. The summed E-state index contributed by atoms with van der Waals surface area (Å²) in [4.78, 5) is 3.43. The molecule has 0 unspecified atom stereocenters. The van der Waals surface area contributed by atoms with Crippen molar-refractivity contribution < 1.29 is 12.8 Å². The molecule has 0 aliphatic carbocycles. The Hall–Kier alpha value is -1.89. The summed E-state index contributed by atoms with van der Waals surface area (Å²) in [6.45, 7) is 0.588. The minimum atomic E-state index is -3.64. The second kappa shape index (κ2) is 5.58. The van der Waals surface area contributed by atoms with Crippen LogP contribution in [0.2, 0.25) is 5.02 Å². The van der Waals surface area contributed by atoms with Gasteiger partial charge in [-0.1, -0.05) is 17.7 Å². The van der Waals surface area contributed by atoms with Crippen LogP contribution >= 0.6 is 11.6 Å². The van der Waals surface area contributed by atoms with E-state index in [1.165, 1.54) is 28.6 Å². The van der Waals surface area contributed by atoms with Gasteiger partial charge in [-0.25, -0.2) is 12.8 Å². The molecule has 4 nitrogen and oxygen atoms in total. The van der Waals surface area contributed by atoms with Gasteiger partial charge in [0.15, 0.2) is 0 Å². The molecule has 1 N–H and O–H groups in total. The summed E-state index contributed by atoms with van der Waals surface area (Å²) in [7, 11) is -3.64. The minimum absolute atomic E-state index is 0.171. The van der Waals surface area contributed by atoms with Crippen LogP contribution in [0.5, 0.6) is 0 Å². The Morgan fingerprint density at radius 1 is 1.17 bits per heavy atom. The summed E-state index contributed by atoms with van der Waals surface area (Å²) >= 11 is 5.92. The topological polar surface area (TPSA) is 53.2 Å². The maximum Gasteiger partial charge on any atom is 0.243 e. The highest BCUT2D eigenvalue weighted by Crippen LogP contribution is 2.31. The maximum atomic E-state index is 13.6. The number of nitrogens with zero attached hydrogens (tertiary/aromatic N) is 1. The molecule has 0 saturated heterocycles. The Morgan fingerprint density at radius 2 is 2.00 bits per heavy atom. The minimum Gasteiger partial charge on any atom is -0.358 e. The highest BCUT2D eigenvalue weighted by molar-refractivity contribution is 7.89. The third-order valence-electron chi connectivity index (χ3n) is 4.34. The summed E-state index contributed by atoms with van der Waals surface area (Å²) < 4.78 is 40.7. The average molecular weight is 365 g/mol. The highest BCUT2D eigenvalue weighted by atomic mass is 35.5. The van der Waals surface area contributed by atoms with E-state index in [0.717, 1.165) is 22.2 Å². The largest absolute Gasteiger partial charge is 0.358 e. The van der Waals surface area contributed by atoms with Gasteiger partial charge in [0.05, 0.1) is 4.90 Å². The fraction of sp³-hybridized carbons (Fsp3) is 0.176. The van der Waals surface area contributed by atoms with Crippen molar-refractivity contribution in [2.75, 3.05) is 6.54 Å². The standard InChI is InChI=1S/C17H14ClFN2O2S/c18-11-2-1-3-13(8-11)24(22,23)21-7-6-17-15(10-21)14-9-12(19)4-5-16(14)20-17/h1-5,8-9,20H,6-7,10H2. The first-order valence-corrected chi connectivity index (χ1v) is 9.31. The molecule has 124 valence electrons. The first-order valence-electron chi connectivity index (χ1n) is 7.50. The van der Waals surface area contributed by atoms with Crippen LogP contribution in [-0.4, -0.2) is 24.3 Å². The highest BCUT2D eigenvalue weighted by Gasteiger charge is 2.30. The zero-order chi connectivity index (χ0) is 16.9. The fourth-order valence-electron chi connectivity index (χ4n) is 3.14. The monoisotopic (exact) mass is 364 g/mol. The van der Waals surface area contributed by atoms with Crippen LogP contribution in [0.4, 0.5) is 4.39 Å².